The van der Waals surface area contributed by atoms with Crippen molar-refractivity contribution in [3.8, 4) is 0 Å². The lowest BCUT2D eigenvalue weighted by Gasteiger charge is -2.10. The average molecular weight is 251 g/mol. The zero-order valence-corrected chi connectivity index (χ0v) is 10.5. The van der Waals surface area contributed by atoms with Crippen molar-refractivity contribution in [1.82, 2.24) is 5.32 Å². The van der Waals surface area contributed by atoms with E-state index in [1.54, 1.807) is 11.8 Å². The van der Waals surface area contributed by atoms with Gasteiger partial charge in [-0.15, -0.1) is 11.8 Å². The molecule has 17 heavy (non-hydrogen) atoms. The Balaban J connectivity index is 1.82. The summed E-state index contributed by atoms with van der Waals surface area (Å²) in [6.45, 7) is 0.632. The molecule has 1 aliphatic heterocycles. The number of rotatable bonds is 4. The lowest BCUT2D eigenvalue weighted by molar-refractivity contribution is -0.120. The van der Waals surface area contributed by atoms with E-state index in [-0.39, 0.29) is 17.8 Å². The van der Waals surface area contributed by atoms with Crippen molar-refractivity contribution in [2.24, 2.45) is 0 Å². The van der Waals surface area contributed by atoms with Crippen molar-refractivity contribution in [3.05, 3.63) is 35.4 Å². The van der Waals surface area contributed by atoms with Crippen LogP contribution in [0.15, 0.2) is 24.3 Å². The van der Waals surface area contributed by atoms with Gasteiger partial charge in [0.1, 0.15) is 0 Å². The fourth-order valence-corrected chi connectivity index (χ4v) is 3.04. The van der Waals surface area contributed by atoms with Crippen molar-refractivity contribution in [2.75, 3.05) is 5.75 Å². The van der Waals surface area contributed by atoms with E-state index in [4.69, 9.17) is 5.11 Å². The van der Waals surface area contributed by atoms with Crippen LogP contribution in [0.5, 0.6) is 0 Å². The van der Waals surface area contributed by atoms with E-state index in [2.05, 4.69) is 5.32 Å². The number of amides is 1. The van der Waals surface area contributed by atoms with Crippen molar-refractivity contribution in [2.45, 2.75) is 31.2 Å². The van der Waals surface area contributed by atoms with Crippen LogP contribution in [-0.2, 0) is 17.9 Å². The van der Waals surface area contributed by atoms with E-state index in [0.717, 1.165) is 29.7 Å². The molecule has 0 bridgehead atoms. The Morgan fingerprint density at radius 1 is 1.35 bits per heavy atom. The van der Waals surface area contributed by atoms with Crippen LogP contribution >= 0.6 is 11.8 Å². The van der Waals surface area contributed by atoms with E-state index >= 15 is 0 Å². The average Bonchev–Trinajstić information content (AvgIpc) is 2.90. The molecule has 0 spiro atoms. The van der Waals surface area contributed by atoms with Gasteiger partial charge in [0.05, 0.1) is 11.9 Å². The summed E-state index contributed by atoms with van der Waals surface area (Å²) in [5, 5.41) is 12.0. The molecule has 3 nitrogen and oxygen atoms in total. The van der Waals surface area contributed by atoms with E-state index in [0.29, 0.717) is 6.54 Å². The van der Waals surface area contributed by atoms with Gasteiger partial charge in [0.2, 0.25) is 5.91 Å². The predicted octanol–water partition coefficient (Wildman–Crippen LogP) is 1.69. The second kappa shape index (κ2) is 6.07. The molecule has 4 heteroatoms. The molecule has 92 valence electrons. The molecule has 1 aromatic rings. The van der Waals surface area contributed by atoms with E-state index in [1.807, 2.05) is 24.3 Å². The summed E-state index contributed by atoms with van der Waals surface area (Å²) in [6.07, 6.45) is 2.15. The zero-order valence-electron chi connectivity index (χ0n) is 9.69. The van der Waals surface area contributed by atoms with Crippen molar-refractivity contribution in [3.63, 3.8) is 0 Å². The van der Waals surface area contributed by atoms with Gasteiger partial charge in [0.15, 0.2) is 0 Å². The predicted molar refractivity (Wildman–Crippen MR) is 69.7 cm³/mol. The number of aliphatic hydroxyl groups excluding tert-OH is 1. The largest absolute Gasteiger partial charge is 0.392 e. The van der Waals surface area contributed by atoms with Gasteiger partial charge < -0.3 is 10.4 Å². The number of carbonyl (C=O) groups is 1. The first-order valence-electron chi connectivity index (χ1n) is 5.87. The van der Waals surface area contributed by atoms with Gasteiger partial charge in [-0.05, 0) is 29.7 Å². The number of hydrogen-bond acceptors (Lipinski definition) is 3. The molecule has 1 saturated heterocycles. The Morgan fingerprint density at radius 3 is 2.65 bits per heavy atom. The van der Waals surface area contributed by atoms with E-state index in [9.17, 15) is 4.79 Å². The van der Waals surface area contributed by atoms with E-state index < -0.39 is 0 Å². The highest BCUT2D eigenvalue weighted by atomic mass is 32.2. The normalized spacial score (nSPS) is 19.2. The molecule has 1 heterocycles. The zero-order chi connectivity index (χ0) is 12.1. The molecule has 1 atom stereocenters. The summed E-state index contributed by atoms with van der Waals surface area (Å²) in [7, 11) is 0. The Labute approximate surface area is 106 Å². The number of carbonyl (C=O) groups excluding carboxylic acids is 1. The van der Waals surface area contributed by atoms with Crippen LogP contribution in [0.25, 0.3) is 0 Å². The van der Waals surface area contributed by atoms with Gasteiger partial charge in [-0.1, -0.05) is 24.3 Å². The molecule has 0 radical (unpaired) electrons. The highest BCUT2D eigenvalue weighted by Gasteiger charge is 2.22. The lowest BCUT2D eigenvalue weighted by atomic mass is 10.1. The van der Waals surface area contributed by atoms with Gasteiger partial charge >= 0.3 is 0 Å². The summed E-state index contributed by atoms with van der Waals surface area (Å²) in [4.78, 5) is 11.8. The molecular formula is C13H17NO2S. The first kappa shape index (κ1) is 12.5. The molecule has 1 amide bonds. The molecule has 1 unspecified atom stereocenters. The maximum absolute atomic E-state index is 11.8. The van der Waals surface area contributed by atoms with Crippen molar-refractivity contribution >= 4 is 17.7 Å². The standard InChI is InChI=1S/C13H17NO2S/c15-9-11-5-3-10(4-6-11)8-14-13(16)12-2-1-7-17-12/h3-6,12,15H,1-2,7-9H2,(H,14,16). The molecule has 2 rings (SSSR count). The topological polar surface area (TPSA) is 49.3 Å². The molecule has 1 aliphatic rings. The summed E-state index contributed by atoms with van der Waals surface area (Å²) in [5.74, 6) is 1.25. The summed E-state index contributed by atoms with van der Waals surface area (Å²) in [5.41, 5.74) is 1.96. The fraction of sp³-hybridized carbons (Fsp3) is 0.462. The maximum Gasteiger partial charge on any atom is 0.233 e. The Hall–Kier alpha value is -1.00. The van der Waals surface area contributed by atoms with Crippen molar-refractivity contribution < 1.29 is 9.90 Å². The maximum atomic E-state index is 11.8. The Morgan fingerprint density at radius 2 is 2.06 bits per heavy atom. The van der Waals surface area contributed by atoms with Crippen LogP contribution in [0.2, 0.25) is 0 Å². The minimum atomic E-state index is 0.0609. The Kier molecular flexibility index (Phi) is 4.45. The van der Waals surface area contributed by atoms with Crippen LogP contribution in [0.4, 0.5) is 0 Å². The number of aliphatic hydroxyl groups is 1. The third kappa shape index (κ3) is 3.48. The molecule has 1 fully saturated rings. The second-order valence-corrected chi connectivity index (χ2v) is 5.50. The Bertz CT molecular complexity index is 372. The summed E-state index contributed by atoms with van der Waals surface area (Å²) < 4.78 is 0. The molecule has 0 saturated carbocycles. The quantitative estimate of drug-likeness (QED) is 0.856. The number of benzene rings is 1. The monoisotopic (exact) mass is 251 g/mol. The van der Waals surface area contributed by atoms with Crippen LogP contribution in [0.1, 0.15) is 24.0 Å². The fourth-order valence-electron chi connectivity index (χ4n) is 1.85. The minimum Gasteiger partial charge on any atom is -0.392 e. The molecule has 2 N–H and O–H groups in total. The number of thioether (sulfide) groups is 1. The van der Waals surface area contributed by atoms with Gasteiger partial charge in [-0.2, -0.15) is 0 Å². The van der Waals surface area contributed by atoms with Crippen molar-refractivity contribution in [1.29, 1.82) is 0 Å². The van der Waals surface area contributed by atoms with Gasteiger partial charge in [-0.25, -0.2) is 0 Å². The first-order valence-corrected chi connectivity index (χ1v) is 6.92. The smallest absolute Gasteiger partial charge is 0.233 e. The molecule has 1 aromatic carbocycles. The number of nitrogens with one attached hydrogen (secondary N) is 1. The lowest BCUT2D eigenvalue weighted by Crippen LogP contribution is -2.30. The van der Waals surface area contributed by atoms with Gasteiger partial charge in [-0.3, -0.25) is 4.79 Å². The van der Waals surface area contributed by atoms with Gasteiger partial charge in [0.25, 0.3) is 0 Å². The number of hydrogen-bond donors (Lipinski definition) is 2. The third-order valence-electron chi connectivity index (χ3n) is 2.89. The van der Waals surface area contributed by atoms with Crippen LogP contribution in [-0.4, -0.2) is 22.0 Å². The second-order valence-electron chi connectivity index (χ2n) is 4.19. The van der Waals surface area contributed by atoms with E-state index in [1.165, 1.54) is 0 Å². The highest BCUT2D eigenvalue weighted by molar-refractivity contribution is 8.00. The van der Waals surface area contributed by atoms with Crippen LogP contribution < -0.4 is 5.32 Å². The molecular weight excluding hydrogens is 234 g/mol. The third-order valence-corrected chi connectivity index (χ3v) is 4.27. The molecule has 0 aromatic heterocycles. The molecule has 0 aliphatic carbocycles. The van der Waals surface area contributed by atoms with Gasteiger partial charge in [0, 0.05) is 6.54 Å². The highest BCUT2D eigenvalue weighted by Crippen LogP contribution is 2.26. The minimum absolute atomic E-state index is 0.0609. The van der Waals surface area contributed by atoms with Crippen LogP contribution in [0, 0.1) is 0 Å². The first-order chi connectivity index (χ1) is 8.29. The summed E-state index contributed by atoms with van der Waals surface area (Å²) >= 11 is 1.75. The summed E-state index contributed by atoms with van der Waals surface area (Å²) in [6, 6.07) is 7.64. The SMILES string of the molecule is O=C(NCc1ccc(CO)cc1)C1CCCS1. The van der Waals surface area contributed by atoms with Crippen LogP contribution in [0.3, 0.4) is 0 Å².